The number of hydrogen-bond acceptors (Lipinski definition) is 1. The molecule has 3 aromatic rings. The quantitative estimate of drug-likeness (QED) is 0.736. The maximum absolute atomic E-state index is 13.4. The molecule has 0 bridgehead atoms. The summed E-state index contributed by atoms with van der Waals surface area (Å²) in [6.45, 7) is 1.75. The number of H-pyrrole nitrogens is 1. The smallest absolute Gasteiger partial charge is 0.317 e. The van der Waals surface area contributed by atoms with Crippen LogP contribution in [0, 0.1) is 5.82 Å². The first-order chi connectivity index (χ1) is 12.7. The first kappa shape index (κ1) is 16.4. The van der Waals surface area contributed by atoms with Gasteiger partial charge >= 0.3 is 6.03 Å². The number of halogens is 1. The van der Waals surface area contributed by atoms with Crippen LogP contribution in [0.1, 0.15) is 11.1 Å². The maximum Gasteiger partial charge on any atom is 0.317 e. The molecule has 0 saturated heterocycles. The molecule has 4 rings (SSSR count). The van der Waals surface area contributed by atoms with Crippen LogP contribution in [0.5, 0.6) is 0 Å². The topological polar surface area (TPSA) is 48.1 Å². The molecule has 26 heavy (non-hydrogen) atoms. The van der Waals surface area contributed by atoms with Gasteiger partial charge in [0, 0.05) is 36.7 Å². The maximum atomic E-state index is 13.4. The molecule has 1 aliphatic rings. The Bertz CT molecular complexity index is 962. The van der Waals surface area contributed by atoms with Gasteiger partial charge < -0.3 is 15.2 Å². The highest BCUT2D eigenvalue weighted by Gasteiger charge is 2.20. The van der Waals surface area contributed by atoms with E-state index in [1.165, 1.54) is 17.7 Å². The number of nitrogens with one attached hydrogen (secondary N) is 2. The van der Waals surface area contributed by atoms with Gasteiger partial charge in [0.15, 0.2) is 0 Å². The van der Waals surface area contributed by atoms with E-state index in [0.717, 1.165) is 22.0 Å². The van der Waals surface area contributed by atoms with E-state index in [1.54, 1.807) is 11.0 Å². The zero-order valence-electron chi connectivity index (χ0n) is 14.3. The molecule has 0 unspecified atom stereocenters. The highest BCUT2D eigenvalue weighted by atomic mass is 19.1. The highest BCUT2D eigenvalue weighted by Crippen LogP contribution is 2.21. The summed E-state index contributed by atoms with van der Waals surface area (Å²) in [6, 6.07) is 14.7. The standard InChI is InChI=1S/C21H20FN3O/c22-18-6-7-20-19(12-18)16(13-24-20)8-10-23-21(26)25-11-9-17(14-25)15-4-2-1-3-5-15/h1-7,9,12-13,24H,8,10-11,14H2,(H,23,26). The lowest BCUT2D eigenvalue weighted by atomic mass is 10.1. The lowest BCUT2D eigenvalue weighted by molar-refractivity contribution is 0.211. The Labute approximate surface area is 151 Å². The Morgan fingerprint density at radius 2 is 2.04 bits per heavy atom. The van der Waals surface area contributed by atoms with Gasteiger partial charge in [0.2, 0.25) is 0 Å². The minimum absolute atomic E-state index is 0.0711. The van der Waals surface area contributed by atoms with Crippen molar-refractivity contribution in [2.75, 3.05) is 19.6 Å². The lowest BCUT2D eigenvalue weighted by Crippen LogP contribution is -2.39. The van der Waals surface area contributed by atoms with Crippen molar-refractivity contribution in [1.82, 2.24) is 15.2 Å². The molecule has 5 heteroatoms. The highest BCUT2D eigenvalue weighted by molar-refractivity contribution is 5.83. The average Bonchev–Trinajstić information content (AvgIpc) is 3.30. The Morgan fingerprint density at radius 1 is 1.19 bits per heavy atom. The second-order valence-electron chi connectivity index (χ2n) is 6.46. The van der Waals surface area contributed by atoms with Gasteiger partial charge in [0.05, 0.1) is 0 Å². The lowest BCUT2D eigenvalue weighted by Gasteiger charge is -2.17. The number of carbonyl (C=O) groups excluding carboxylic acids is 1. The van der Waals surface area contributed by atoms with Crippen LogP contribution in [-0.2, 0) is 6.42 Å². The molecule has 0 radical (unpaired) electrons. The normalized spacial score (nSPS) is 13.9. The van der Waals surface area contributed by atoms with Crippen LogP contribution in [0.3, 0.4) is 0 Å². The minimum atomic E-state index is -0.251. The van der Waals surface area contributed by atoms with Crippen molar-refractivity contribution >= 4 is 22.5 Å². The third-order valence-electron chi connectivity index (χ3n) is 4.75. The van der Waals surface area contributed by atoms with Crippen molar-refractivity contribution in [3.05, 3.63) is 77.7 Å². The molecule has 0 saturated carbocycles. The Morgan fingerprint density at radius 3 is 2.88 bits per heavy atom. The van der Waals surface area contributed by atoms with Crippen LogP contribution in [0.15, 0.2) is 60.8 Å². The van der Waals surface area contributed by atoms with E-state index in [1.807, 2.05) is 24.4 Å². The SMILES string of the molecule is O=C(NCCc1c[nH]c2ccc(F)cc12)N1CC=C(c2ccccc2)C1. The van der Waals surface area contributed by atoms with Crippen molar-refractivity contribution in [3.8, 4) is 0 Å². The second-order valence-corrected chi connectivity index (χ2v) is 6.46. The summed E-state index contributed by atoms with van der Waals surface area (Å²) in [5, 5.41) is 3.83. The number of amides is 2. The van der Waals surface area contributed by atoms with Crippen molar-refractivity contribution in [3.63, 3.8) is 0 Å². The number of fused-ring (bicyclic) bond motifs is 1. The van der Waals surface area contributed by atoms with Crippen LogP contribution < -0.4 is 5.32 Å². The van der Waals surface area contributed by atoms with E-state index in [4.69, 9.17) is 0 Å². The summed E-state index contributed by atoms with van der Waals surface area (Å²) in [4.78, 5) is 17.3. The van der Waals surface area contributed by atoms with Crippen molar-refractivity contribution < 1.29 is 9.18 Å². The summed E-state index contributed by atoms with van der Waals surface area (Å²) in [6.07, 6.45) is 4.63. The van der Waals surface area contributed by atoms with Gasteiger partial charge in [-0.25, -0.2) is 9.18 Å². The van der Waals surface area contributed by atoms with Gasteiger partial charge in [-0.05, 0) is 41.3 Å². The van der Waals surface area contributed by atoms with Gasteiger partial charge in [-0.3, -0.25) is 0 Å². The number of carbonyl (C=O) groups is 1. The van der Waals surface area contributed by atoms with Crippen LogP contribution in [-0.4, -0.2) is 35.5 Å². The fraction of sp³-hybridized carbons (Fsp3) is 0.190. The van der Waals surface area contributed by atoms with Crippen LogP contribution >= 0.6 is 0 Å². The summed E-state index contributed by atoms with van der Waals surface area (Å²) in [5.74, 6) is -0.251. The number of aromatic nitrogens is 1. The molecule has 1 aliphatic heterocycles. The number of benzene rings is 2. The molecule has 2 amide bonds. The fourth-order valence-corrected chi connectivity index (χ4v) is 3.34. The molecule has 132 valence electrons. The molecule has 2 N–H and O–H groups in total. The molecular formula is C21H20FN3O. The van der Waals surface area contributed by atoms with E-state index in [9.17, 15) is 9.18 Å². The third kappa shape index (κ3) is 3.33. The second kappa shape index (κ2) is 7.04. The Hall–Kier alpha value is -3.08. The fourth-order valence-electron chi connectivity index (χ4n) is 3.34. The average molecular weight is 349 g/mol. The van der Waals surface area contributed by atoms with E-state index in [-0.39, 0.29) is 11.8 Å². The predicted octanol–water partition coefficient (Wildman–Crippen LogP) is 3.96. The van der Waals surface area contributed by atoms with Gasteiger partial charge in [0.25, 0.3) is 0 Å². The molecule has 0 atom stereocenters. The minimum Gasteiger partial charge on any atom is -0.361 e. The zero-order valence-corrected chi connectivity index (χ0v) is 14.3. The monoisotopic (exact) mass is 349 g/mol. The number of nitrogens with zero attached hydrogens (tertiary/aromatic N) is 1. The Kier molecular flexibility index (Phi) is 4.44. The predicted molar refractivity (Wildman–Crippen MR) is 101 cm³/mol. The van der Waals surface area contributed by atoms with Gasteiger partial charge in [-0.1, -0.05) is 36.4 Å². The van der Waals surface area contributed by atoms with Crippen molar-refractivity contribution in [2.24, 2.45) is 0 Å². The van der Waals surface area contributed by atoms with Crippen LogP contribution in [0.4, 0.5) is 9.18 Å². The summed E-state index contributed by atoms with van der Waals surface area (Å²) < 4.78 is 13.4. The van der Waals surface area contributed by atoms with E-state index < -0.39 is 0 Å². The van der Waals surface area contributed by atoms with Gasteiger partial charge in [-0.2, -0.15) is 0 Å². The molecule has 1 aromatic heterocycles. The summed E-state index contributed by atoms with van der Waals surface area (Å²) >= 11 is 0. The third-order valence-corrected chi connectivity index (χ3v) is 4.75. The van der Waals surface area contributed by atoms with E-state index in [0.29, 0.717) is 26.1 Å². The van der Waals surface area contributed by atoms with E-state index in [2.05, 4.69) is 28.5 Å². The molecule has 4 nitrogen and oxygen atoms in total. The summed E-state index contributed by atoms with van der Waals surface area (Å²) in [5.41, 5.74) is 4.24. The van der Waals surface area contributed by atoms with Gasteiger partial charge in [0.1, 0.15) is 5.82 Å². The zero-order chi connectivity index (χ0) is 17.9. The molecule has 0 spiro atoms. The first-order valence-electron chi connectivity index (χ1n) is 8.73. The molecule has 2 aromatic carbocycles. The number of hydrogen-bond donors (Lipinski definition) is 2. The van der Waals surface area contributed by atoms with Gasteiger partial charge in [-0.15, -0.1) is 0 Å². The Balaban J connectivity index is 1.31. The van der Waals surface area contributed by atoms with Crippen LogP contribution in [0.2, 0.25) is 0 Å². The summed E-state index contributed by atoms with van der Waals surface area (Å²) in [7, 11) is 0. The number of rotatable bonds is 4. The van der Waals surface area contributed by atoms with E-state index >= 15 is 0 Å². The molecule has 2 heterocycles. The van der Waals surface area contributed by atoms with Crippen molar-refractivity contribution in [2.45, 2.75) is 6.42 Å². The van der Waals surface area contributed by atoms with Crippen molar-refractivity contribution in [1.29, 1.82) is 0 Å². The number of aromatic amines is 1. The number of urea groups is 1. The van der Waals surface area contributed by atoms with Crippen LogP contribution in [0.25, 0.3) is 16.5 Å². The first-order valence-corrected chi connectivity index (χ1v) is 8.73. The molecule has 0 fully saturated rings. The molecular weight excluding hydrogens is 329 g/mol. The largest absolute Gasteiger partial charge is 0.361 e. The molecule has 0 aliphatic carbocycles.